The number of hydrogen-bond donors (Lipinski definition) is 0. The molecule has 0 heteroatoms. The van der Waals surface area contributed by atoms with E-state index in [-0.39, 0.29) is 5.92 Å². The Labute approximate surface area is 152 Å². The first kappa shape index (κ1) is 17.5. The van der Waals surface area contributed by atoms with Crippen LogP contribution in [-0.4, -0.2) is 0 Å². The van der Waals surface area contributed by atoms with Gasteiger partial charge in [0.1, 0.15) is 0 Å². The van der Waals surface area contributed by atoms with Crippen molar-refractivity contribution < 1.29 is 0 Å². The van der Waals surface area contributed by atoms with Crippen LogP contribution in [0.3, 0.4) is 0 Å². The summed E-state index contributed by atoms with van der Waals surface area (Å²) in [6, 6.07) is 30.7. The van der Waals surface area contributed by atoms with Crippen LogP contribution in [0.2, 0.25) is 0 Å². The van der Waals surface area contributed by atoms with Crippen LogP contribution < -0.4 is 0 Å². The van der Waals surface area contributed by atoms with E-state index in [1.807, 2.05) is 0 Å². The summed E-state index contributed by atoms with van der Waals surface area (Å²) in [5.74, 6) is 1.19. The molecule has 0 aliphatic carbocycles. The first-order chi connectivity index (χ1) is 12.1. The normalized spacial score (nSPS) is 11.5. The summed E-state index contributed by atoms with van der Waals surface area (Å²) >= 11 is 0. The molecule has 25 heavy (non-hydrogen) atoms. The largest absolute Gasteiger partial charge is 0.0622 e. The van der Waals surface area contributed by atoms with Gasteiger partial charge in [-0.3, -0.25) is 0 Å². The maximum Gasteiger partial charge on any atom is 0.0340 e. The van der Waals surface area contributed by atoms with Crippen molar-refractivity contribution in [1.29, 1.82) is 0 Å². The van der Waals surface area contributed by atoms with Gasteiger partial charge in [0.15, 0.2) is 0 Å². The van der Waals surface area contributed by atoms with Crippen molar-refractivity contribution in [3.63, 3.8) is 0 Å². The summed E-state index contributed by atoms with van der Waals surface area (Å²) in [4.78, 5) is 0. The van der Waals surface area contributed by atoms with Crippen molar-refractivity contribution in [2.75, 3.05) is 0 Å². The van der Waals surface area contributed by atoms with Gasteiger partial charge in [0.05, 0.1) is 0 Å². The van der Waals surface area contributed by atoms with Crippen molar-refractivity contribution in [1.82, 2.24) is 0 Å². The second-order valence-corrected chi connectivity index (χ2v) is 7.31. The molecule has 0 atom stereocenters. The predicted molar refractivity (Wildman–Crippen MR) is 106 cm³/mol. The smallest absolute Gasteiger partial charge is 0.0340 e. The summed E-state index contributed by atoms with van der Waals surface area (Å²) in [6.07, 6.45) is 0. The van der Waals surface area contributed by atoms with Gasteiger partial charge in [-0.05, 0) is 51.8 Å². The summed E-state index contributed by atoms with van der Waals surface area (Å²) in [5.41, 5.74) is 6.52. The monoisotopic (exact) mass is 326 g/mol. The maximum absolute atomic E-state index is 3.39. The van der Waals surface area contributed by atoms with Crippen LogP contribution in [0.5, 0.6) is 0 Å². The third kappa shape index (κ3) is 4.02. The van der Waals surface area contributed by atoms with Crippen molar-refractivity contribution in [3.05, 3.63) is 107 Å². The van der Waals surface area contributed by atoms with Crippen LogP contribution >= 0.6 is 0 Å². The summed E-state index contributed by atoms with van der Waals surface area (Å²) in [7, 11) is 0. The first-order valence-corrected chi connectivity index (χ1v) is 9.14. The van der Waals surface area contributed by atoms with Crippen LogP contribution in [-0.2, 0) is 0 Å². The van der Waals surface area contributed by atoms with Gasteiger partial charge < -0.3 is 0 Å². The molecule has 0 amide bonds. The first-order valence-electron chi connectivity index (χ1n) is 9.14. The molecule has 0 saturated carbocycles. The lowest BCUT2D eigenvalue weighted by molar-refractivity contribution is 0.847. The zero-order valence-electron chi connectivity index (χ0n) is 15.6. The third-order valence-electron chi connectivity index (χ3n) is 4.74. The molecule has 0 nitrogen and oxygen atoms in total. The number of hydrogen-bond acceptors (Lipinski definition) is 0. The molecule has 0 unspecified atom stereocenters. The highest BCUT2D eigenvalue weighted by Crippen LogP contribution is 2.34. The van der Waals surface area contributed by atoms with Crippen molar-refractivity contribution in [3.8, 4) is 0 Å². The Hall–Kier alpha value is -2.34. The molecule has 0 fully saturated rings. The average molecular weight is 326 g/mol. The van der Waals surface area contributed by atoms with Gasteiger partial charge in [0.2, 0.25) is 0 Å². The molecule has 0 aromatic heterocycles. The van der Waals surface area contributed by atoms with E-state index in [9.17, 15) is 0 Å². The van der Waals surface area contributed by atoms with E-state index in [1.54, 1.807) is 0 Å². The maximum atomic E-state index is 3.39. The van der Waals surface area contributed by atoms with E-state index in [0.717, 1.165) is 0 Å². The highest BCUT2D eigenvalue weighted by molar-refractivity contribution is 5.45. The minimum absolute atomic E-state index is 0.236. The summed E-state index contributed by atoms with van der Waals surface area (Å²) in [5, 5.41) is 0. The van der Waals surface area contributed by atoms with E-state index in [4.69, 9.17) is 0 Å². The van der Waals surface area contributed by atoms with Gasteiger partial charge in [0, 0.05) is 5.92 Å². The Balaban J connectivity index is 2.14. The third-order valence-corrected chi connectivity index (χ3v) is 4.74. The minimum atomic E-state index is 0.236. The van der Waals surface area contributed by atoms with E-state index in [2.05, 4.69) is 107 Å². The highest BCUT2D eigenvalue weighted by Gasteiger charge is 2.18. The standard InChI is InChI=1S/C25H26/c1-18(2)21-12-8-14-23(16-21)25(20-10-6-5-7-11-20)24-15-9-13-22(17-24)19(3)4/h5-11,14-19,25H,1-4H3. The summed E-state index contributed by atoms with van der Waals surface area (Å²) in [6.45, 7) is 8.89. The SMILES string of the molecule is CC(C)c1[c]ccc(C(c2ccccc2)c2cc[c]c(C(C)C)c2)c1. The van der Waals surface area contributed by atoms with Gasteiger partial charge in [0.25, 0.3) is 0 Å². The zero-order chi connectivity index (χ0) is 17.8. The molecule has 126 valence electrons. The van der Waals surface area contributed by atoms with Crippen LogP contribution in [0, 0.1) is 12.1 Å². The van der Waals surface area contributed by atoms with Crippen molar-refractivity contribution >= 4 is 0 Å². The molecule has 0 bridgehead atoms. The second kappa shape index (κ2) is 7.70. The van der Waals surface area contributed by atoms with Gasteiger partial charge in [-0.2, -0.15) is 0 Å². The van der Waals surface area contributed by atoms with Crippen LogP contribution in [0.4, 0.5) is 0 Å². The molecule has 3 aromatic rings. The molecule has 0 heterocycles. The molecule has 0 aliphatic heterocycles. The lowest BCUT2D eigenvalue weighted by Gasteiger charge is -2.21. The molecule has 0 saturated heterocycles. The van der Waals surface area contributed by atoms with Crippen molar-refractivity contribution in [2.45, 2.75) is 45.4 Å². The second-order valence-electron chi connectivity index (χ2n) is 7.31. The fourth-order valence-electron chi connectivity index (χ4n) is 3.26. The van der Waals surface area contributed by atoms with Gasteiger partial charge in [-0.25, -0.2) is 0 Å². The molecular formula is C25H26. The lowest BCUT2D eigenvalue weighted by atomic mass is 9.82. The van der Waals surface area contributed by atoms with Crippen molar-refractivity contribution in [2.24, 2.45) is 0 Å². The van der Waals surface area contributed by atoms with E-state index >= 15 is 0 Å². The highest BCUT2D eigenvalue weighted by atomic mass is 14.2. The predicted octanol–water partition coefficient (Wildman–Crippen LogP) is 6.71. The molecule has 3 aromatic carbocycles. The van der Waals surface area contributed by atoms with Crippen LogP contribution in [0.15, 0.2) is 66.7 Å². The lowest BCUT2D eigenvalue weighted by Crippen LogP contribution is -2.05. The molecule has 0 spiro atoms. The van der Waals surface area contributed by atoms with Gasteiger partial charge in [-0.1, -0.05) is 94.4 Å². The van der Waals surface area contributed by atoms with E-state index in [1.165, 1.54) is 27.8 Å². The topological polar surface area (TPSA) is 0 Å². The van der Waals surface area contributed by atoms with Gasteiger partial charge in [-0.15, -0.1) is 0 Å². The fourth-order valence-corrected chi connectivity index (χ4v) is 3.26. The number of benzene rings is 3. The minimum Gasteiger partial charge on any atom is -0.0622 e. The van der Waals surface area contributed by atoms with Crippen LogP contribution in [0.1, 0.15) is 73.3 Å². The molecule has 0 N–H and O–H groups in total. The Morgan fingerprint density at radius 1 is 0.600 bits per heavy atom. The average Bonchev–Trinajstić information content (AvgIpc) is 2.63. The Morgan fingerprint density at radius 2 is 1.08 bits per heavy atom. The van der Waals surface area contributed by atoms with Crippen LogP contribution in [0.25, 0.3) is 0 Å². The quantitative estimate of drug-likeness (QED) is 0.457. The zero-order valence-corrected chi connectivity index (χ0v) is 15.6. The van der Waals surface area contributed by atoms with E-state index < -0.39 is 0 Å². The molecular weight excluding hydrogens is 300 g/mol. The summed E-state index contributed by atoms with van der Waals surface area (Å²) < 4.78 is 0. The fraction of sp³-hybridized carbons (Fsp3) is 0.280. The molecule has 3 rings (SSSR count). The Kier molecular flexibility index (Phi) is 5.38. The van der Waals surface area contributed by atoms with E-state index in [0.29, 0.717) is 11.8 Å². The molecule has 0 aliphatic rings. The Bertz CT molecular complexity index is 761. The molecule has 2 radical (unpaired) electrons. The van der Waals surface area contributed by atoms with Gasteiger partial charge >= 0.3 is 0 Å². The number of rotatable bonds is 5. The Morgan fingerprint density at radius 3 is 1.52 bits per heavy atom.